The van der Waals surface area contributed by atoms with Crippen molar-refractivity contribution >= 4 is 5.91 Å². The molecule has 1 amide bonds. The second-order valence-corrected chi connectivity index (χ2v) is 10.5. The minimum atomic E-state index is -3.68. The van der Waals surface area contributed by atoms with Gasteiger partial charge in [-0.1, -0.05) is 0 Å². The highest BCUT2D eigenvalue weighted by Crippen LogP contribution is 2.46. The van der Waals surface area contributed by atoms with Gasteiger partial charge < -0.3 is 10.1 Å². The van der Waals surface area contributed by atoms with Crippen LogP contribution in [0, 0.1) is 11.8 Å². The number of nitrogens with one attached hydrogen (secondary N) is 6. The smallest absolute Gasteiger partial charge is 0.310 e. The quantitative estimate of drug-likeness (QED) is 0.293. The SMILES string of the molecule is CCOC1CC([C@@](C)(F)C(F)(F)C2NNCN2C)CC(NC(=O)C2CC(C)NC(C3CC3)N2)N1. The molecule has 34 heavy (non-hydrogen) atoms. The minimum Gasteiger partial charge on any atom is -0.364 e. The number of hydrazine groups is 1. The molecule has 0 aromatic rings. The third kappa shape index (κ3) is 5.37. The van der Waals surface area contributed by atoms with Crippen molar-refractivity contribution in [1.29, 1.82) is 0 Å². The van der Waals surface area contributed by atoms with Gasteiger partial charge in [0.15, 0.2) is 5.67 Å². The van der Waals surface area contributed by atoms with Gasteiger partial charge >= 0.3 is 5.92 Å². The van der Waals surface area contributed by atoms with Gasteiger partial charge in [-0.3, -0.25) is 25.6 Å². The lowest BCUT2D eigenvalue weighted by molar-refractivity contribution is -0.205. The number of piperidine rings is 1. The van der Waals surface area contributed by atoms with E-state index in [0.29, 0.717) is 18.9 Å². The summed E-state index contributed by atoms with van der Waals surface area (Å²) in [5.74, 6) is -4.38. The largest absolute Gasteiger partial charge is 0.364 e. The zero-order chi connectivity index (χ0) is 24.7. The Morgan fingerprint density at radius 1 is 1.15 bits per heavy atom. The van der Waals surface area contributed by atoms with E-state index in [-0.39, 0.29) is 37.6 Å². The van der Waals surface area contributed by atoms with Crippen LogP contribution in [-0.4, -0.2) is 79.5 Å². The number of alkyl halides is 3. The highest BCUT2D eigenvalue weighted by atomic mass is 19.3. The standard InChI is InChI=1S/C22H40F3N7O2/c1-5-34-17-10-14(21(3,23)22(24,25)20-31-26-11-32(20)4)9-16(29-17)30-19(33)15-8-12(2)27-18(28-15)13-6-7-13/h12-18,20,26-29,31H,5-11H2,1-4H3,(H,30,33)/t12?,14?,15?,16?,17?,18?,20?,21-/m1/s1. The number of halogens is 3. The zero-order valence-electron chi connectivity index (χ0n) is 20.5. The molecule has 12 heteroatoms. The summed E-state index contributed by atoms with van der Waals surface area (Å²) in [7, 11) is 1.51. The first-order chi connectivity index (χ1) is 16.0. The van der Waals surface area contributed by atoms with E-state index in [1.807, 2.05) is 0 Å². The molecule has 196 valence electrons. The van der Waals surface area contributed by atoms with Crippen molar-refractivity contribution in [2.24, 2.45) is 11.8 Å². The lowest BCUT2D eigenvalue weighted by Gasteiger charge is -2.46. The monoisotopic (exact) mass is 491 g/mol. The van der Waals surface area contributed by atoms with Gasteiger partial charge in [-0.2, -0.15) is 8.78 Å². The van der Waals surface area contributed by atoms with Gasteiger partial charge in [0.2, 0.25) is 5.91 Å². The van der Waals surface area contributed by atoms with Crippen LogP contribution in [0.25, 0.3) is 0 Å². The van der Waals surface area contributed by atoms with Crippen LogP contribution in [0.1, 0.15) is 52.9 Å². The number of amides is 1. The molecule has 4 rings (SSSR count). The van der Waals surface area contributed by atoms with E-state index in [1.54, 1.807) is 6.92 Å². The molecule has 4 fully saturated rings. The molecular weight excluding hydrogens is 451 g/mol. The van der Waals surface area contributed by atoms with Gasteiger partial charge in [-0.15, -0.1) is 0 Å². The van der Waals surface area contributed by atoms with Crippen LogP contribution in [0.2, 0.25) is 0 Å². The van der Waals surface area contributed by atoms with Crippen LogP contribution in [0.5, 0.6) is 0 Å². The van der Waals surface area contributed by atoms with Crippen molar-refractivity contribution in [3.05, 3.63) is 0 Å². The first-order valence-corrected chi connectivity index (χ1v) is 12.5. The van der Waals surface area contributed by atoms with Crippen LogP contribution in [0.15, 0.2) is 0 Å². The maximum absolute atomic E-state index is 16.0. The summed E-state index contributed by atoms with van der Waals surface area (Å²) in [5.41, 5.74) is 2.31. The normalized spacial score (nSPS) is 39.6. The van der Waals surface area contributed by atoms with Gasteiger partial charge in [0.05, 0.1) is 25.0 Å². The van der Waals surface area contributed by atoms with Crippen LogP contribution in [0.4, 0.5) is 13.2 Å². The van der Waals surface area contributed by atoms with Gasteiger partial charge in [0, 0.05) is 18.6 Å². The van der Waals surface area contributed by atoms with Crippen molar-refractivity contribution in [3.63, 3.8) is 0 Å². The Labute approximate surface area is 199 Å². The van der Waals surface area contributed by atoms with Gasteiger partial charge in [-0.25, -0.2) is 15.2 Å². The average molecular weight is 492 g/mol. The van der Waals surface area contributed by atoms with Crippen molar-refractivity contribution in [2.75, 3.05) is 20.3 Å². The van der Waals surface area contributed by atoms with Gasteiger partial charge in [-0.05, 0) is 65.8 Å². The number of hydrogen-bond acceptors (Lipinski definition) is 8. The molecule has 3 heterocycles. The molecule has 6 N–H and O–H groups in total. The summed E-state index contributed by atoms with van der Waals surface area (Å²) in [6.07, 6.45) is 0.322. The molecule has 9 nitrogen and oxygen atoms in total. The van der Waals surface area contributed by atoms with Crippen LogP contribution < -0.4 is 32.1 Å². The minimum absolute atomic E-state index is 0.0361. The molecule has 0 aromatic heterocycles. The number of rotatable bonds is 8. The molecule has 0 spiro atoms. The summed E-state index contributed by atoms with van der Waals surface area (Å²) in [4.78, 5) is 14.5. The van der Waals surface area contributed by atoms with E-state index in [4.69, 9.17) is 4.74 Å². The molecule has 8 atom stereocenters. The Bertz CT molecular complexity index is 727. The fourth-order valence-corrected chi connectivity index (χ4v) is 5.45. The summed E-state index contributed by atoms with van der Waals surface area (Å²) in [6, 6.07) is -0.210. The summed E-state index contributed by atoms with van der Waals surface area (Å²) >= 11 is 0. The number of carbonyl (C=O) groups is 1. The van der Waals surface area contributed by atoms with E-state index in [1.165, 1.54) is 11.9 Å². The second-order valence-electron chi connectivity index (χ2n) is 10.5. The number of ether oxygens (including phenoxy) is 1. The molecule has 0 radical (unpaired) electrons. The van der Waals surface area contributed by atoms with E-state index < -0.39 is 42.1 Å². The van der Waals surface area contributed by atoms with Crippen LogP contribution in [0.3, 0.4) is 0 Å². The lowest BCUT2D eigenvalue weighted by atomic mass is 9.76. The Kier molecular flexibility index (Phi) is 7.78. The van der Waals surface area contributed by atoms with Gasteiger partial charge in [0.25, 0.3) is 0 Å². The Morgan fingerprint density at radius 2 is 1.88 bits per heavy atom. The fourth-order valence-electron chi connectivity index (χ4n) is 5.45. The van der Waals surface area contributed by atoms with Crippen LogP contribution in [-0.2, 0) is 9.53 Å². The summed E-state index contributed by atoms with van der Waals surface area (Å²) < 4.78 is 52.5. The number of carbonyl (C=O) groups excluding carboxylic acids is 1. The van der Waals surface area contributed by atoms with E-state index in [9.17, 15) is 4.79 Å². The average Bonchev–Trinajstić information content (AvgIpc) is 3.53. The fraction of sp³-hybridized carbons (Fsp3) is 0.955. The zero-order valence-corrected chi connectivity index (χ0v) is 20.5. The van der Waals surface area contributed by atoms with E-state index in [0.717, 1.165) is 19.8 Å². The predicted octanol–water partition coefficient (Wildman–Crippen LogP) is 0.554. The van der Waals surface area contributed by atoms with Crippen LogP contribution >= 0.6 is 0 Å². The third-order valence-electron chi connectivity index (χ3n) is 7.70. The highest BCUT2D eigenvalue weighted by molar-refractivity contribution is 5.82. The lowest BCUT2D eigenvalue weighted by Crippen LogP contribution is -2.67. The predicted molar refractivity (Wildman–Crippen MR) is 121 cm³/mol. The molecule has 1 aliphatic carbocycles. The van der Waals surface area contributed by atoms with E-state index in [2.05, 4.69) is 39.0 Å². The van der Waals surface area contributed by atoms with Crippen molar-refractivity contribution in [3.8, 4) is 0 Å². The first kappa shape index (κ1) is 26.1. The van der Waals surface area contributed by atoms with Crippen molar-refractivity contribution in [1.82, 2.24) is 37.0 Å². The molecule has 0 aromatic carbocycles. The molecule has 3 saturated heterocycles. The maximum atomic E-state index is 16.0. The molecular formula is C22H40F3N7O2. The highest BCUT2D eigenvalue weighted by Gasteiger charge is 2.63. The number of nitrogens with zero attached hydrogens (tertiary/aromatic N) is 1. The maximum Gasteiger partial charge on any atom is 0.310 e. The Hall–Kier alpha value is -1.02. The first-order valence-electron chi connectivity index (χ1n) is 12.5. The molecule has 1 saturated carbocycles. The second kappa shape index (κ2) is 10.2. The molecule has 3 aliphatic heterocycles. The third-order valence-corrected chi connectivity index (χ3v) is 7.70. The number of hydrogen-bond donors (Lipinski definition) is 6. The molecule has 7 unspecified atom stereocenters. The van der Waals surface area contributed by atoms with Crippen molar-refractivity contribution < 1.29 is 22.7 Å². The Balaban J connectivity index is 1.45. The van der Waals surface area contributed by atoms with Crippen molar-refractivity contribution in [2.45, 2.75) is 101 Å². The molecule has 0 bridgehead atoms. The summed E-state index contributed by atoms with van der Waals surface area (Å²) in [6.45, 7) is 5.35. The Morgan fingerprint density at radius 3 is 2.50 bits per heavy atom. The van der Waals surface area contributed by atoms with E-state index >= 15 is 13.2 Å². The summed E-state index contributed by atoms with van der Waals surface area (Å²) in [5, 5.41) is 13.0. The molecule has 4 aliphatic rings. The van der Waals surface area contributed by atoms with Gasteiger partial charge in [0.1, 0.15) is 12.4 Å². The topological polar surface area (TPSA) is 102 Å².